The van der Waals surface area contributed by atoms with E-state index in [0.29, 0.717) is 19.6 Å². The number of para-hydroxylation sites is 1. The summed E-state index contributed by atoms with van der Waals surface area (Å²) in [4.78, 5) is 14.9. The molecule has 4 nitrogen and oxygen atoms in total. The Labute approximate surface area is 150 Å². The lowest BCUT2D eigenvalue weighted by Crippen LogP contribution is -2.38. The molecule has 3 rings (SSSR count). The molecule has 0 aromatic heterocycles. The van der Waals surface area contributed by atoms with E-state index in [2.05, 4.69) is 0 Å². The van der Waals surface area contributed by atoms with Crippen LogP contribution in [0.2, 0.25) is 0 Å². The molecule has 6 heteroatoms. The van der Waals surface area contributed by atoms with Crippen LogP contribution >= 0.6 is 11.8 Å². The predicted molar refractivity (Wildman–Crippen MR) is 94.7 cm³/mol. The number of rotatable bonds is 7. The first kappa shape index (κ1) is 17.8. The summed E-state index contributed by atoms with van der Waals surface area (Å²) in [5, 5.41) is 9.21. The molecule has 0 unspecified atom stereocenters. The number of benzene rings is 2. The second kappa shape index (κ2) is 8.36. The number of halogens is 1. The topological polar surface area (TPSA) is 49.8 Å². The zero-order valence-corrected chi connectivity index (χ0v) is 14.5. The molecule has 1 saturated heterocycles. The van der Waals surface area contributed by atoms with Gasteiger partial charge in [0.15, 0.2) is 0 Å². The summed E-state index contributed by atoms with van der Waals surface area (Å²) in [6.07, 6.45) is 1.60. The van der Waals surface area contributed by atoms with E-state index < -0.39 is 12.0 Å². The third-order valence-electron chi connectivity index (χ3n) is 4.16. The molecule has 1 aliphatic heterocycles. The first-order valence-electron chi connectivity index (χ1n) is 8.25. The average Bonchev–Trinajstić information content (AvgIpc) is 3.05. The Morgan fingerprint density at radius 2 is 2.12 bits per heavy atom. The second-order valence-electron chi connectivity index (χ2n) is 5.89. The van der Waals surface area contributed by atoms with Gasteiger partial charge in [0.1, 0.15) is 24.2 Å². The van der Waals surface area contributed by atoms with Crippen molar-refractivity contribution in [3.63, 3.8) is 0 Å². The van der Waals surface area contributed by atoms with Crippen LogP contribution in [0.5, 0.6) is 5.75 Å². The van der Waals surface area contributed by atoms with Crippen LogP contribution in [0.25, 0.3) is 0 Å². The zero-order valence-electron chi connectivity index (χ0n) is 13.7. The van der Waals surface area contributed by atoms with Crippen LogP contribution in [0.3, 0.4) is 0 Å². The van der Waals surface area contributed by atoms with E-state index in [-0.39, 0.29) is 5.82 Å². The van der Waals surface area contributed by atoms with Crippen LogP contribution in [0.4, 0.5) is 4.39 Å². The molecule has 1 atom stereocenters. The highest BCUT2D eigenvalue weighted by Gasteiger charge is 2.29. The van der Waals surface area contributed by atoms with Crippen molar-refractivity contribution < 1.29 is 19.0 Å². The number of hydrogen-bond acceptors (Lipinski definition) is 4. The molecule has 1 aliphatic rings. The summed E-state index contributed by atoms with van der Waals surface area (Å²) < 4.78 is 19.2. The van der Waals surface area contributed by atoms with Crippen molar-refractivity contribution in [3.05, 3.63) is 54.3 Å². The second-order valence-corrected chi connectivity index (χ2v) is 7.00. The molecule has 0 saturated carbocycles. The number of hydrogen-bond donors (Lipinski definition) is 1. The van der Waals surface area contributed by atoms with Gasteiger partial charge in [-0.3, -0.25) is 9.69 Å². The smallest absolute Gasteiger partial charge is 0.320 e. The predicted octanol–water partition coefficient (Wildman–Crippen LogP) is 3.90. The largest absolute Gasteiger partial charge is 0.491 e. The third-order valence-corrected chi connectivity index (χ3v) is 5.20. The minimum Gasteiger partial charge on any atom is -0.491 e. The zero-order chi connectivity index (χ0) is 17.6. The molecule has 0 amide bonds. The van der Waals surface area contributed by atoms with Crippen molar-refractivity contribution in [2.24, 2.45) is 0 Å². The van der Waals surface area contributed by atoms with E-state index in [1.807, 2.05) is 35.2 Å². The fourth-order valence-electron chi connectivity index (χ4n) is 2.96. The lowest BCUT2D eigenvalue weighted by Gasteiger charge is -2.21. The summed E-state index contributed by atoms with van der Waals surface area (Å²) in [5.41, 5.74) is 0. The van der Waals surface area contributed by atoms with E-state index in [1.165, 1.54) is 23.9 Å². The van der Waals surface area contributed by atoms with E-state index in [0.717, 1.165) is 28.5 Å². The van der Waals surface area contributed by atoms with Gasteiger partial charge in [0.2, 0.25) is 0 Å². The van der Waals surface area contributed by atoms with Gasteiger partial charge in [-0.2, -0.15) is 0 Å². The fraction of sp³-hybridized carbons (Fsp3) is 0.316. The Morgan fingerprint density at radius 3 is 2.92 bits per heavy atom. The first-order chi connectivity index (χ1) is 12.1. The molecule has 1 N–H and O–H groups in total. The van der Waals surface area contributed by atoms with Gasteiger partial charge in [0, 0.05) is 11.4 Å². The van der Waals surface area contributed by atoms with Crippen molar-refractivity contribution in [2.75, 3.05) is 19.7 Å². The maximum atomic E-state index is 13.3. The van der Waals surface area contributed by atoms with Gasteiger partial charge in [0.25, 0.3) is 0 Å². The van der Waals surface area contributed by atoms with Crippen molar-refractivity contribution in [3.8, 4) is 5.75 Å². The maximum absolute atomic E-state index is 13.3. The molecule has 132 valence electrons. The molecule has 0 spiro atoms. The van der Waals surface area contributed by atoms with Crippen LogP contribution in [-0.4, -0.2) is 41.7 Å². The number of ether oxygens (including phenoxy) is 1. The molecule has 1 fully saturated rings. The third kappa shape index (κ3) is 4.74. The van der Waals surface area contributed by atoms with Crippen molar-refractivity contribution in [2.45, 2.75) is 28.7 Å². The highest BCUT2D eigenvalue weighted by Crippen LogP contribution is 2.35. The Hall–Kier alpha value is -2.05. The minimum absolute atomic E-state index is 0.267. The monoisotopic (exact) mass is 361 g/mol. The summed E-state index contributed by atoms with van der Waals surface area (Å²) in [6.45, 7) is 1.79. The van der Waals surface area contributed by atoms with Crippen LogP contribution in [0, 0.1) is 5.82 Å². The Kier molecular flexibility index (Phi) is 5.94. The van der Waals surface area contributed by atoms with Gasteiger partial charge in [-0.25, -0.2) is 4.39 Å². The van der Waals surface area contributed by atoms with Gasteiger partial charge < -0.3 is 9.84 Å². The molecular formula is C19H20FNO3S. The van der Waals surface area contributed by atoms with Crippen LogP contribution in [0.1, 0.15) is 12.8 Å². The highest BCUT2D eigenvalue weighted by molar-refractivity contribution is 7.99. The van der Waals surface area contributed by atoms with Crippen LogP contribution in [0.15, 0.2) is 58.3 Å². The van der Waals surface area contributed by atoms with E-state index >= 15 is 0 Å². The maximum Gasteiger partial charge on any atom is 0.320 e. The average molecular weight is 361 g/mol. The number of likely N-dealkylation sites (tertiary alicyclic amines) is 1. The van der Waals surface area contributed by atoms with E-state index in [1.54, 1.807) is 6.07 Å². The standard InChI is InChI=1S/C19H20FNO3S/c20-14-5-3-6-15(13-14)25-18-9-2-1-8-17(18)24-12-11-21-10-4-7-16(21)19(22)23/h1-3,5-6,8-9,13,16H,4,7,10-12H2,(H,22,23)/t16-/m0/s1. The minimum atomic E-state index is -0.764. The molecule has 0 radical (unpaired) electrons. The number of carboxylic acid groups (broad SMARTS) is 1. The van der Waals surface area contributed by atoms with Crippen molar-refractivity contribution in [1.29, 1.82) is 0 Å². The first-order valence-corrected chi connectivity index (χ1v) is 9.07. The molecule has 0 aliphatic carbocycles. The van der Waals surface area contributed by atoms with E-state index in [9.17, 15) is 14.3 Å². The summed E-state index contributed by atoms with van der Waals surface area (Å²) in [6, 6.07) is 13.6. The number of nitrogens with zero attached hydrogens (tertiary/aromatic N) is 1. The number of aliphatic carboxylic acids is 1. The molecular weight excluding hydrogens is 341 g/mol. The SMILES string of the molecule is O=C(O)[C@@H]1CCCN1CCOc1ccccc1Sc1cccc(F)c1. The Morgan fingerprint density at radius 1 is 1.28 bits per heavy atom. The van der Waals surface area contributed by atoms with E-state index in [4.69, 9.17) is 4.74 Å². The van der Waals surface area contributed by atoms with Gasteiger partial charge in [0.05, 0.1) is 4.90 Å². The molecule has 2 aromatic rings. The molecule has 1 heterocycles. The van der Waals surface area contributed by atoms with Crippen molar-refractivity contribution in [1.82, 2.24) is 4.90 Å². The van der Waals surface area contributed by atoms with Gasteiger partial charge in [-0.1, -0.05) is 30.0 Å². The lowest BCUT2D eigenvalue weighted by atomic mass is 10.2. The summed E-state index contributed by atoms with van der Waals surface area (Å²) in [7, 11) is 0. The Balaban J connectivity index is 1.60. The normalized spacial score (nSPS) is 17.6. The lowest BCUT2D eigenvalue weighted by molar-refractivity contribution is -0.142. The summed E-state index contributed by atoms with van der Waals surface area (Å²) in [5.74, 6) is -0.306. The highest BCUT2D eigenvalue weighted by atomic mass is 32.2. The van der Waals surface area contributed by atoms with Gasteiger partial charge >= 0.3 is 5.97 Å². The van der Waals surface area contributed by atoms with Crippen LogP contribution in [-0.2, 0) is 4.79 Å². The van der Waals surface area contributed by atoms with Gasteiger partial charge in [-0.05, 0) is 49.7 Å². The number of carbonyl (C=O) groups is 1. The molecule has 0 bridgehead atoms. The fourth-order valence-corrected chi connectivity index (χ4v) is 3.90. The Bertz CT molecular complexity index is 740. The van der Waals surface area contributed by atoms with Gasteiger partial charge in [-0.15, -0.1) is 0 Å². The quantitative estimate of drug-likeness (QED) is 0.810. The molecule has 2 aromatic carbocycles. The van der Waals surface area contributed by atoms with Crippen LogP contribution < -0.4 is 4.74 Å². The van der Waals surface area contributed by atoms with Crippen molar-refractivity contribution >= 4 is 17.7 Å². The molecule has 25 heavy (non-hydrogen) atoms. The summed E-state index contributed by atoms with van der Waals surface area (Å²) >= 11 is 1.44. The number of carboxylic acids is 1.